The first-order valence-electron chi connectivity index (χ1n) is 6.85. The van der Waals surface area contributed by atoms with Crippen molar-refractivity contribution in [3.05, 3.63) is 23.8 Å². The Morgan fingerprint density at radius 3 is 2.81 bits per heavy atom. The van der Waals surface area contributed by atoms with Gasteiger partial charge >= 0.3 is 5.97 Å². The van der Waals surface area contributed by atoms with Crippen molar-refractivity contribution in [3.63, 3.8) is 0 Å². The zero-order valence-electron chi connectivity index (χ0n) is 12.1. The number of carboxylic acids is 1. The van der Waals surface area contributed by atoms with Crippen molar-refractivity contribution in [2.24, 2.45) is 5.92 Å². The summed E-state index contributed by atoms with van der Waals surface area (Å²) in [7, 11) is 1.46. The highest BCUT2D eigenvalue weighted by atomic mass is 16.5. The fourth-order valence-electron chi connectivity index (χ4n) is 2.41. The van der Waals surface area contributed by atoms with Crippen LogP contribution in [0.2, 0.25) is 0 Å². The van der Waals surface area contributed by atoms with Crippen LogP contribution >= 0.6 is 0 Å². The topological polar surface area (TPSA) is 84.9 Å². The highest BCUT2D eigenvalue weighted by Crippen LogP contribution is 2.25. The number of nitrogens with one attached hydrogen (secondary N) is 1. The number of carboxylic acid groups (broad SMARTS) is 1. The number of rotatable bonds is 4. The molecule has 0 saturated carbocycles. The van der Waals surface area contributed by atoms with Gasteiger partial charge in [-0.15, -0.1) is 0 Å². The normalized spacial score (nSPS) is 21.6. The Kier molecular flexibility index (Phi) is 4.80. The molecule has 21 heavy (non-hydrogen) atoms. The van der Waals surface area contributed by atoms with E-state index in [2.05, 4.69) is 5.32 Å². The molecule has 2 N–H and O–H groups in total. The second-order valence-electron chi connectivity index (χ2n) is 5.11. The third kappa shape index (κ3) is 3.72. The Labute approximate surface area is 123 Å². The molecule has 1 aromatic rings. The number of hydrogen-bond acceptors (Lipinski definition) is 4. The van der Waals surface area contributed by atoms with Crippen LogP contribution in [-0.4, -0.2) is 36.8 Å². The number of hydrogen-bond donors (Lipinski definition) is 2. The summed E-state index contributed by atoms with van der Waals surface area (Å²) in [5.41, 5.74) is 0.301. The van der Waals surface area contributed by atoms with Crippen LogP contribution in [0.5, 0.6) is 5.75 Å². The Balaban J connectivity index is 2.14. The van der Waals surface area contributed by atoms with Gasteiger partial charge in [0.25, 0.3) is 0 Å². The van der Waals surface area contributed by atoms with Gasteiger partial charge in [0.05, 0.1) is 24.5 Å². The fourth-order valence-corrected chi connectivity index (χ4v) is 2.41. The fraction of sp³-hybridized carbons (Fsp3) is 0.467. The molecule has 6 heteroatoms. The molecule has 1 amide bonds. The van der Waals surface area contributed by atoms with E-state index in [0.29, 0.717) is 25.2 Å². The van der Waals surface area contributed by atoms with Gasteiger partial charge in [-0.05, 0) is 38.0 Å². The quantitative estimate of drug-likeness (QED) is 0.888. The number of anilines is 1. The number of aromatic carboxylic acids is 1. The molecular weight excluding hydrogens is 274 g/mol. The van der Waals surface area contributed by atoms with Crippen LogP contribution in [0.25, 0.3) is 0 Å². The van der Waals surface area contributed by atoms with Crippen LogP contribution < -0.4 is 10.1 Å². The van der Waals surface area contributed by atoms with Gasteiger partial charge in [-0.1, -0.05) is 0 Å². The van der Waals surface area contributed by atoms with Crippen LogP contribution in [0, 0.1) is 5.92 Å². The standard InChI is InChI=1S/C15H19NO5/c1-9-7-10(5-6-21-9)14(17)16-13-4-3-11(20-2)8-12(13)15(18)19/h3-4,8-10H,5-7H2,1-2H3,(H,16,17)(H,18,19). The molecule has 0 radical (unpaired) electrons. The number of carbonyl (C=O) groups is 2. The molecule has 0 aromatic heterocycles. The van der Waals surface area contributed by atoms with Gasteiger partial charge in [0, 0.05) is 12.5 Å². The summed E-state index contributed by atoms with van der Waals surface area (Å²) in [4.78, 5) is 23.5. The maximum Gasteiger partial charge on any atom is 0.337 e. The van der Waals surface area contributed by atoms with E-state index in [4.69, 9.17) is 9.47 Å². The molecule has 2 rings (SSSR count). The van der Waals surface area contributed by atoms with Crippen LogP contribution in [0.1, 0.15) is 30.1 Å². The molecule has 1 heterocycles. The molecule has 114 valence electrons. The Morgan fingerprint density at radius 2 is 2.19 bits per heavy atom. The molecule has 0 spiro atoms. The van der Waals surface area contributed by atoms with E-state index >= 15 is 0 Å². The summed E-state index contributed by atoms with van der Waals surface area (Å²) in [6, 6.07) is 4.56. The van der Waals surface area contributed by atoms with Crippen molar-refractivity contribution in [1.29, 1.82) is 0 Å². The molecule has 2 unspecified atom stereocenters. The lowest BCUT2D eigenvalue weighted by atomic mass is 9.95. The summed E-state index contributed by atoms with van der Waals surface area (Å²) in [6.07, 6.45) is 1.34. The molecule has 2 atom stereocenters. The monoisotopic (exact) mass is 293 g/mol. The summed E-state index contributed by atoms with van der Waals surface area (Å²) in [5, 5.41) is 11.9. The van der Waals surface area contributed by atoms with Crippen molar-refractivity contribution in [3.8, 4) is 5.75 Å². The first-order valence-corrected chi connectivity index (χ1v) is 6.85. The van der Waals surface area contributed by atoms with Gasteiger partial charge in [0.1, 0.15) is 5.75 Å². The van der Waals surface area contributed by atoms with Gasteiger partial charge in [-0.2, -0.15) is 0 Å². The van der Waals surface area contributed by atoms with E-state index in [9.17, 15) is 14.7 Å². The molecule has 1 aliphatic heterocycles. The predicted octanol–water partition coefficient (Wildman–Crippen LogP) is 2.15. The first-order chi connectivity index (χ1) is 10.0. The third-order valence-corrected chi connectivity index (χ3v) is 3.57. The number of methoxy groups -OCH3 is 1. The highest BCUT2D eigenvalue weighted by Gasteiger charge is 2.26. The Hall–Kier alpha value is -2.08. The summed E-state index contributed by atoms with van der Waals surface area (Å²) >= 11 is 0. The molecule has 1 aliphatic rings. The smallest absolute Gasteiger partial charge is 0.337 e. The van der Waals surface area contributed by atoms with Crippen molar-refractivity contribution < 1.29 is 24.2 Å². The second-order valence-corrected chi connectivity index (χ2v) is 5.11. The lowest BCUT2D eigenvalue weighted by molar-refractivity contribution is -0.124. The Morgan fingerprint density at radius 1 is 1.43 bits per heavy atom. The SMILES string of the molecule is COc1ccc(NC(=O)C2CCOC(C)C2)c(C(=O)O)c1. The minimum atomic E-state index is -1.11. The molecule has 0 bridgehead atoms. The largest absolute Gasteiger partial charge is 0.497 e. The lowest BCUT2D eigenvalue weighted by Gasteiger charge is -2.26. The lowest BCUT2D eigenvalue weighted by Crippen LogP contribution is -2.32. The number of benzene rings is 1. The second kappa shape index (κ2) is 6.58. The maximum atomic E-state index is 12.3. The molecule has 1 aromatic carbocycles. The highest BCUT2D eigenvalue weighted by molar-refractivity contribution is 6.01. The average Bonchev–Trinajstić information content (AvgIpc) is 2.47. The molecule has 1 saturated heterocycles. The van der Waals surface area contributed by atoms with Crippen molar-refractivity contribution in [1.82, 2.24) is 0 Å². The molecular formula is C15H19NO5. The van der Waals surface area contributed by atoms with Gasteiger partial charge in [0.2, 0.25) is 5.91 Å². The van der Waals surface area contributed by atoms with Crippen molar-refractivity contribution in [2.75, 3.05) is 19.0 Å². The van der Waals surface area contributed by atoms with E-state index in [1.165, 1.54) is 13.2 Å². The van der Waals surface area contributed by atoms with Crippen LogP contribution in [0.3, 0.4) is 0 Å². The van der Waals surface area contributed by atoms with Gasteiger partial charge in [-0.3, -0.25) is 4.79 Å². The zero-order chi connectivity index (χ0) is 15.4. The molecule has 0 aliphatic carbocycles. The third-order valence-electron chi connectivity index (χ3n) is 3.57. The minimum Gasteiger partial charge on any atom is -0.497 e. The zero-order valence-corrected chi connectivity index (χ0v) is 12.1. The summed E-state index contributed by atoms with van der Waals surface area (Å²) < 4.78 is 10.4. The van der Waals surface area contributed by atoms with E-state index in [1.54, 1.807) is 12.1 Å². The average molecular weight is 293 g/mol. The molecule has 1 fully saturated rings. The van der Waals surface area contributed by atoms with Crippen LogP contribution in [0.4, 0.5) is 5.69 Å². The van der Waals surface area contributed by atoms with E-state index in [1.807, 2.05) is 6.92 Å². The minimum absolute atomic E-state index is 0.0165. The maximum absolute atomic E-state index is 12.3. The Bertz CT molecular complexity index is 543. The van der Waals surface area contributed by atoms with Gasteiger partial charge in [0.15, 0.2) is 0 Å². The summed E-state index contributed by atoms with van der Waals surface area (Å²) in [6.45, 7) is 2.48. The number of carbonyl (C=O) groups excluding carboxylic acids is 1. The van der Waals surface area contributed by atoms with E-state index in [0.717, 1.165) is 0 Å². The molecule has 6 nitrogen and oxygen atoms in total. The summed E-state index contributed by atoms with van der Waals surface area (Å²) in [5.74, 6) is -0.995. The van der Waals surface area contributed by atoms with Crippen LogP contribution in [-0.2, 0) is 9.53 Å². The van der Waals surface area contributed by atoms with E-state index < -0.39 is 5.97 Å². The predicted molar refractivity (Wildman–Crippen MR) is 76.7 cm³/mol. The number of amides is 1. The van der Waals surface area contributed by atoms with Crippen molar-refractivity contribution >= 4 is 17.6 Å². The van der Waals surface area contributed by atoms with Crippen LogP contribution in [0.15, 0.2) is 18.2 Å². The first kappa shape index (κ1) is 15.3. The van der Waals surface area contributed by atoms with Gasteiger partial charge in [-0.25, -0.2) is 4.79 Å². The number of ether oxygens (including phenoxy) is 2. The van der Waals surface area contributed by atoms with Crippen molar-refractivity contribution in [2.45, 2.75) is 25.9 Å². The van der Waals surface area contributed by atoms with Gasteiger partial charge < -0.3 is 19.9 Å². The van der Waals surface area contributed by atoms with E-state index in [-0.39, 0.29) is 29.2 Å².